The monoisotopic (exact) mass is 265 g/mol. The van der Waals surface area contributed by atoms with Gasteiger partial charge in [-0.05, 0) is 26.7 Å². The summed E-state index contributed by atoms with van der Waals surface area (Å²) in [4.78, 5) is 20.1. The highest BCUT2D eigenvalue weighted by molar-refractivity contribution is 5.95. The molecule has 0 unspecified atom stereocenters. The Hall–Kier alpha value is -1.85. The predicted molar refractivity (Wildman–Crippen MR) is 70.3 cm³/mol. The van der Waals surface area contributed by atoms with Crippen LogP contribution >= 0.6 is 0 Å². The first kappa shape index (κ1) is 13.6. The van der Waals surface area contributed by atoms with Crippen molar-refractivity contribution in [3.05, 3.63) is 6.33 Å². The maximum atomic E-state index is 12.0. The minimum atomic E-state index is -0.0112. The molecule has 104 valence electrons. The number of anilines is 1. The molecule has 2 rings (SSSR count). The number of nitrogens with one attached hydrogen (secondary N) is 1. The lowest BCUT2D eigenvalue weighted by molar-refractivity contribution is -0.122. The van der Waals surface area contributed by atoms with E-state index in [4.69, 9.17) is 9.47 Å². The van der Waals surface area contributed by atoms with Crippen LogP contribution in [0.5, 0.6) is 11.8 Å². The van der Waals surface area contributed by atoms with Crippen LogP contribution in [0.3, 0.4) is 0 Å². The van der Waals surface area contributed by atoms with Crippen LogP contribution < -0.4 is 14.8 Å². The molecule has 0 aromatic carbocycles. The summed E-state index contributed by atoms with van der Waals surface area (Å²) in [6.07, 6.45) is 4.36. The number of amides is 1. The molecule has 6 heteroatoms. The molecule has 1 fully saturated rings. The van der Waals surface area contributed by atoms with Gasteiger partial charge in [0.05, 0.1) is 13.2 Å². The number of aromatic nitrogens is 2. The Labute approximate surface area is 112 Å². The lowest BCUT2D eigenvalue weighted by Crippen LogP contribution is -2.28. The van der Waals surface area contributed by atoms with E-state index < -0.39 is 0 Å². The molecule has 1 heterocycles. The summed E-state index contributed by atoms with van der Waals surface area (Å²) in [5.74, 6) is 0.786. The lowest BCUT2D eigenvalue weighted by atomic mass is 9.85. The number of rotatable bonds is 6. The molecule has 1 aromatic heterocycles. The molecule has 0 radical (unpaired) electrons. The average Bonchev–Trinajstić information content (AvgIpc) is 2.31. The summed E-state index contributed by atoms with van der Waals surface area (Å²) in [5, 5.41) is 2.84. The van der Waals surface area contributed by atoms with Crippen molar-refractivity contribution >= 4 is 11.6 Å². The number of ether oxygens (including phenoxy) is 2. The molecule has 0 spiro atoms. The van der Waals surface area contributed by atoms with Gasteiger partial charge in [0, 0.05) is 5.92 Å². The van der Waals surface area contributed by atoms with Gasteiger partial charge in [-0.1, -0.05) is 6.42 Å². The molecule has 1 aromatic rings. The third-order valence-corrected chi connectivity index (χ3v) is 3.06. The second-order valence-electron chi connectivity index (χ2n) is 4.34. The highest BCUT2D eigenvalue weighted by atomic mass is 16.5. The largest absolute Gasteiger partial charge is 0.476 e. The molecule has 0 atom stereocenters. The Morgan fingerprint density at radius 1 is 1.26 bits per heavy atom. The quantitative estimate of drug-likeness (QED) is 0.851. The summed E-state index contributed by atoms with van der Waals surface area (Å²) in [5.41, 5.74) is 0.433. The van der Waals surface area contributed by atoms with Gasteiger partial charge in [0.25, 0.3) is 0 Å². The van der Waals surface area contributed by atoms with Crippen LogP contribution in [0.4, 0.5) is 5.69 Å². The van der Waals surface area contributed by atoms with Gasteiger partial charge in [-0.2, -0.15) is 9.97 Å². The highest BCUT2D eigenvalue weighted by Crippen LogP contribution is 2.33. The van der Waals surface area contributed by atoms with E-state index in [2.05, 4.69) is 15.3 Å². The number of hydrogen-bond acceptors (Lipinski definition) is 5. The molecule has 1 aliphatic carbocycles. The van der Waals surface area contributed by atoms with Gasteiger partial charge in [0.15, 0.2) is 5.69 Å². The lowest BCUT2D eigenvalue weighted by Gasteiger charge is -2.24. The third-order valence-electron chi connectivity index (χ3n) is 3.06. The van der Waals surface area contributed by atoms with Crippen LogP contribution in [0, 0.1) is 5.92 Å². The van der Waals surface area contributed by atoms with E-state index in [1.165, 1.54) is 6.33 Å². The minimum Gasteiger partial charge on any atom is -0.476 e. The molecule has 1 aliphatic rings. The standard InChI is InChI=1S/C13H19N3O3/c1-3-18-12-10(13(19-4-2)15-8-14-12)16-11(17)9-6-5-7-9/h8-9H,3-7H2,1-2H3,(H,16,17). The molecule has 0 aliphatic heterocycles. The average molecular weight is 265 g/mol. The van der Waals surface area contributed by atoms with Crippen molar-refractivity contribution in [2.24, 2.45) is 5.92 Å². The Morgan fingerprint density at radius 3 is 2.26 bits per heavy atom. The van der Waals surface area contributed by atoms with Crippen molar-refractivity contribution in [1.29, 1.82) is 0 Å². The summed E-state index contributed by atoms with van der Waals surface area (Å²) in [6, 6.07) is 0. The fraction of sp³-hybridized carbons (Fsp3) is 0.615. The Kier molecular flexibility index (Phi) is 4.54. The maximum absolute atomic E-state index is 12.0. The van der Waals surface area contributed by atoms with E-state index in [1.54, 1.807) is 0 Å². The number of carbonyl (C=O) groups is 1. The van der Waals surface area contributed by atoms with E-state index in [-0.39, 0.29) is 11.8 Å². The SMILES string of the molecule is CCOc1ncnc(OCC)c1NC(=O)C1CCC1. The van der Waals surface area contributed by atoms with Crippen molar-refractivity contribution in [2.45, 2.75) is 33.1 Å². The predicted octanol–water partition coefficient (Wildman–Crippen LogP) is 2.01. The van der Waals surface area contributed by atoms with Gasteiger partial charge < -0.3 is 14.8 Å². The van der Waals surface area contributed by atoms with Crippen molar-refractivity contribution in [3.8, 4) is 11.8 Å². The number of hydrogen-bond donors (Lipinski definition) is 1. The molecule has 1 amide bonds. The van der Waals surface area contributed by atoms with Crippen LogP contribution in [-0.2, 0) is 4.79 Å². The van der Waals surface area contributed by atoms with E-state index in [9.17, 15) is 4.79 Å². The Balaban J connectivity index is 2.20. The fourth-order valence-corrected chi connectivity index (χ4v) is 1.85. The van der Waals surface area contributed by atoms with Gasteiger partial charge >= 0.3 is 0 Å². The molecule has 0 saturated heterocycles. The van der Waals surface area contributed by atoms with Crippen LogP contribution in [0.1, 0.15) is 33.1 Å². The number of carbonyl (C=O) groups excluding carboxylic acids is 1. The summed E-state index contributed by atoms with van der Waals surface area (Å²) < 4.78 is 10.8. The van der Waals surface area contributed by atoms with E-state index in [1.807, 2.05) is 13.8 Å². The Bertz CT molecular complexity index is 423. The van der Waals surface area contributed by atoms with Crippen molar-refractivity contribution in [3.63, 3.8) is 0 Å². The van der Waals surface area contributed by atoms with Gasteiger partial charge in [-0.15, -0.1) is 0 Å². The molecular formula is C13H19N3O3. The first-order valence-electron chi connectivity index (χ1n) is 6.67. The van der Waals surface area contributed by atoms with Gasteiger partial charge in [0.2, 0.25) is 17.7 Å². The van der Waals surface area contributed by atoms with Gasteiger partial charge in [-0.3, -0.25) is 4.79 Å². The second kappa shape index (κ2) is 6.36. The first-order valence-corrected chi connectivity index (χ1v) is 6.67. The molecular weight excluding hydrogens is 246 g/mol. The summed E-state index contributed by atoms with van der Waals surface area (Å²) >= 11 is 0. The minimum absolute atomic E-state index is 0.0112. The van der Waals surface area contributed by atoms with Crippen molar-refractivity contribution < 1.29 is 14.3 Å². The normalized spacial score (nSPS) is 14.6. The smallest absolute Gasteiger partial charge is 0.245 e. The zero-order valence-corrected chi connectivity index (χ0v) is 11.3. The van der Waals surface area contributed by atoms with Gasteiger partial charge in [-0.25, -0.2) is 0 Å². The van der Waals surface area contributed by atoms with Crippen LogP contribution in [0.25, 0.3) is 0 Å². The van der Waals surface area contributed by atoms with E-state index >= 15 is 0 Å². The summed E-state index contributed by atoms with van der Waals surface area (Å²) in [7, 11) is 0. The first-order chi connectivity index (χ1) is 9.26. The molecule has 1 saturated carbocycles. The molecule has 0 bridgehead atoms. The van der Waals surface area contributed by atoms with E-state index in [0.717, 1.165) is 19.3 Å². The topological polar surface area (TPSA) is 73.3 Å². The molecule has 6 nitrogen and oxygen atoms in total. The fourth-order valence-electron chi connectivity index (χ4n) is 1.85. The van der Waals surface area contributed by atoms with Crippen LogP contribution in [0.15, 0.2) is 6.33 Å². The van der Waals surface area contributed by atoms with Crippen LogP contribution in [0.2, 0.25) is 0 Å². The van der Waals surface area contributed by atoms with Crippen LogP contribution in [-0.4, -0.2) is 29.1 Å². The van der Waals surface area contributed by atoms with E-state index in [0.29, 0.717) is 30.7 Å². The Morgan fingerprint density at radius 2 is 1.84 bits per heavy atom. The third kappa shape index (κ3) is 3.13. The maximum Gasteiger partial charge on any atom is 0.245 e. The van der Waals surface area contributed by atoms with Crippen molar-refractivity contribution in [2.75, 3.05) is 18.5 Å². The van der Waals surface area contributed by atoms with Crippen molar-refractivity contribution in [1.82, 2.24) is 9.97 Å². The number of nitrogens with zero attached hydrogens (tertiary/aromatic N) is 2. The molecule has 1 N–H and O–H groups in total. The zero-order valence-electron chi connectivity index (χ0n) is 11.3. The van der Waals surface area contributed by atoms with Gasteiger partial charge in [0.1, 0.15) is 6.33 Å². The molecule has 19 heavy (non-hydrogen) atoms. The zero-order chi connectivity index (χ0) is 13.7. The highest BCUT2D eigenvalue weighted by Gasteiger charge is 2.27. The summed E-state index contributed by atoms with van der Waals surface area (Å²) in [6.45, 7) is 4.66. The second-order valence-corrected chi connectivity index (χ2v) is 4.34.